The molecule has 10 heteroatoms. The van der Waals surface area contributed by atoms with Crippen LogP contribution in [0.3, 0.4) is 0 Å². The van der Waals surface area contributed by atoms with Crippen molar-refractivity contribution in [2.45, 2.75) is 26.1 Å². The summed E-state index contributed by atoms with van der Waals surface area (Å²) < 4.78 is 63.1. The molecule has 0 bridgehead atoms. The van der Waals surface area contributed by atoms with Crippen LogP contribution in [-0.2, 0) is 15.9 Å². The van der Waals surface area contributed by atoms with Crippen LogP contribution >= 0.6 is 0 Å². The molecule has 0 amide bonds. The van der Waals surface area contributed by atoms with Crippen molar-refractivity contribution in [1.29, 1.82) is 0 Å². The van der Waals surface area contributed by atoms with E-state index in [0.717, 1.165) is 12.5 Å². The van der Waals surface area contributed by atoms with Gasteiger partial charge < -0.3 is 28.9 Å². The summed E-state index contributed by atoms with van der Waals surface area (Å²) in [5.74, 6) is -3.34. The average Bonchev–Trinajstić information content (AvgIpc) is 2.69. The first-order chi connectivity index (χ1) is 14.4. The van der Waals surface area contributed by atoms with Crippen LogP contribution in [0.25, 0.3) is 0 Å². The van der Waals surface area contributed by atoms with Gasteiger partial charge in [0.15, 0.2) is 29.5 Å². The number of hydrogen-bond acceptors (Lipinski definition) is 6. The van der Waals surface area contributed by atoms with Gasteiger partial charge in [0.1, 0.15) is 5.75 Å². The number of rotatable bonds is 8. The fourth-order valence-corrected chi connectivity index (χ4v) is 3.09. The normalized spacial score (nSPS) is 18.9. The van der Waals surface area contributed by atoms with Crippen LogP contribution < -0.4 is 9.39 Å². The van der Waals surface area contributed by atoms with Gasteiger partial charge in [0.25, 0.3) is 0 Å². The first-order valence-electron chi connectivity index (χ1n) is 9.53. The summed E-state index contributed by atoms with van der Waals surface area (Å²) in [6.07, 6.45) is 0.513. The van der Waals surface area contributed by atoms with Crippen molar-refractivity contribution in [1.82, 2.24) is 0 Å². The summed E-state index contributed by atoms with van der Waals surface area (Å²) >= 11 is 0. The molecule has 3 rings (SSSR count). The van der Waals surface area contributed by atoms with Gasteiger partial charge in [-0.1, -0.05) is 19.4 Å². The quantitative estimate of drug-likeness (QED) is 0.632. The van der Waals surface area contributed by atoms with E-state index in [2.05, 4.69) is 4.65 Å². The first-order valence-corrected chi connectivity index (χ1v) is 9.53. The van der Waals surface area contributed by atoms with E-state index in [1.807, 2.05) is 6.92 Å². The molecule has 2 aromatic carbocycles. The Morgan fingerprint density at radius 1 is 1.03 bits per heavy atom. The largest absolute Gasteiger partial charge is 0.707 e. The Kier molecular flexibility index (Phi) is 7.60. The summed E-state index contributed by atoms with van der Waals surface area (Å²) in [5.41, 5.74) is 0.944. The highest BCUT2D eigenvalue weighted by molar-refractivity contribution is 6.33. The summed E-state index contributed by atoms with van der Waals surface area (Å²) in [5, 5.41) is 17.5. The van der Waals surface area contributed by atoms with E-state index in [1.54, 1.807) is 0 Å². The predicted molar refractivity (Wildman–Crippen MR) is 101 cm³/mol. The highest BCUT2D eigenvalue weighted by atomic mass is 19.1. The maximum Gasteiger partial charge on any atom is 0.707 e. The van der Waals surface area contributed by atoms with Gasteiger partial charge >= 0.3 is 7.32 Å². The third kappa shape index (κ3) is 5.66. The molecule has 1 aliphatic rings. The minimum Gasteiger partial charge on any atom is -0.510 e. The van der Waals surface area contributed by atoms with Crippen LogP contribution in [0, 0.1) is 23.4 Å². The van der Waals surface area contributed by atoms with E-state index in [9.17, 15) is 13.2 Å². The fourth-order valence-electron chi connectivity index (χ4n) is 3.09. The van der Waals surface area contributed by atoms with E-state index in [-0.39, 0.29) is 31.5 Å². The first kappa shape index (κ1) is 22.4. The third-order valence-electron chi connectivity index (χ3n) is 4.49. The van der Waals surface area contributed by atoms with E-state index in [1.165, 1.54) is 24.3 Å². The van der Waals surface area contributed by atoms with Gasteiger partial charge in [-0.15, -0.1) is 0 Å². The second-order valence-corrected chi connectivity index (χ2v) is 6.95. The summed E-state index contributed by atoms with van der Waals surface area (Å²) in [4.78, 5) is 0. The standard InChI is InChI=1S/C20H22BF3O6/c1-2-3-12-6-16(23)19(17(24)7-12)27-9-13-10-28-20(29-11-13)14-4-5-18(15(22)8-14)30-21(25)26/h4-8,13,20,25-26H,2-3,9-11H2,1H3. The van der Waals surface area contributed by atoms with Crippen LogP contribution in [0.15, 0.2) is 30.3 Å². The topological polar surface area (TPSA) is 77.4 Å². The highest BCUT2D eigenvalue weighted by Crippen LogP contribution is 2.30. The molecule has 0 radical (unpaired) electrons. The molecule has 2 aromatic rings. The fraction of sp³-hybridized carbons (Fsp3) is 0.400. The van der Waals surface area contributed by atoms with Gasteiger partial charge in [-0.25, -0.2) is 13.2 Å². The summed E-state index contributed by atoms with van der Waals surface area (Å²) in [6.45, 7) is 2.27. The van der Waals surface area contributed by atoms with Crippen molar-refractivity contribution in [3.8, 4) is 11.5 Å². The zero-order valence-corrected chi connectivity index (χ0v) is 16.3. The lowest BCUT2D eigenvalue weighted by molar-refractivity contribution is -0.208. The van der Waals surface area contributed by atoms with Crippen LogP contribution in [0.1, 0.15) is 30.8 Å². The zero-order valence-electron chi connectivity index (χ0n) is 16.3. The van der Waals surface area contributed by atoms with Crippen molar-refractivity contribution in [2.24, 2.45) is 5.92 Å². The number of benzene rings is 2. The predicted octanol–water partition coefficient (Wildman–Crippen LogP) is 3.15. The Morgan fingerprint density at radius 2 is 1.70 bits per heavy atom. The molecule has 0 aromatic heterocycles. The summed E-state index contributed by atoms with van der Waals surface area (Å²) in [6, 6.07) is 6.32. The lowest BCUT2D eigenvalue weighted by atomic mass is 10.1. The van der Waals surface area contributed by atoms with Crippen molar-refractivity contribution in [3.05, 3.63) is 58.9 Å². The van der Waals surface area contributed by atoms with Gasteiger partial charge in [0.05, 0.1) is 19.8 Å². The number of aryl methyl sites for hydroxylation is 1. The van der Waals surface area contributed by atoms with Crippen molar-refractivity contribution in [2.75, 3.05) is 19.8 Å². The van der Waals surface area contributed by atoms with Crippen LogP contribution in [-0.4, -0.2) is 37.2 Å². The molecular weight excluding hydrogens is 404 g/mol. The van der Waals surface area contributed by atoms with Crippen molar-refractivity contribution >= 4 is 7.32 Å². The Labute approximate surface area is 172 Å². The molecule has 30 heavy (non-hydrogen) atoms. The molecule has 0 aliphatic carbocycles. The SMILES string of the molecule is CCCc1cc(F)c(OCC2COC(c3ccc(OB(O)O)c(F)c3)OC2)c(F)c1. The molecule has 1 fully saturated rings. The van der Waals surface area contributed by atoms with E-state index in [0.29, 0.717) is 17.5 Å². The zero-order chi connectivity index (χ0) is 21.7. The van der Waals surface area contributed by atoms with Gasteiger partial charge in [0, 0.05) is 11.5 Å². The molecule has 162 valence electrons. The maximum atomic E-state index is 14.1. The molecule has 1 heterocycles. The van der Waals surface area contributed by atoms with Crippen LogP contribution in [0.2, 0.25) is 0 Å². The molecule has 2 N–H and O–H groups in total. The molecule has 0 atom stereocenters. The number of halogens is 3. The lowest BCUT2D eigenvalue weighted by Crippen LogP contribution is -2.31. The molecule has 1 saturated heterocycles. The van der Waals surface area contributed by atoms with Gasteiger partial charge in [-0.3, -0.25) is 0 Å². The van der Waals surface area contributed by atoms with Gasteiger partial charge in [-0.2, -0.15) is 0 Å². The van der Waals surface area contributed by atoms with E-state index in [4.69, 9.17) is 24.3 Å². The Morgan fingerprint density at radius 3 is 2.27 bits per heavy atom. The Bertz CT molecular complexity index is 835. The molecule has 1 aliphatic heterocycles. The highest BCUT2D eigenvalue weighted by Gasteiger charge is 2.26. The third-order valence-corrected chi connectivity index (χ3v) is 4.49. The average molecular weight is 426 g/mol. The smallest absolute Gasteiger partial charge is 0.510 e. The van der Waals surface area contributed by atoms with Gasteiger partial charge in [-0.05, 0) is 36.2 Å². The molecule has 0 unspecified atom stereocenters. The second kappa shape index (κ2) is 10.2. The second-order valence-electron chi connectivity index (χ2n) is 6.95. The molecule has 6 nitrogen and oxygen atoms in total. The minimum absolute atomic E-state index is 0.0107. The molecule has 0 saturated carbocycles. The van der Waals surface area contributed by atoms with Crippen molar-refractivity contribution in [3.63, 3.8) is 0 Å². The van der Waals surface area contributed by atoms with E-state index < -0.39 is 36.8 Å². The van der Waals surface area contributed by atoms with Crippen molar-refractivity contribution < 1.29 is 42.1 Å². The number of hydrogen-bond donors (Lipinski definition) is 2. The Balaban J connectivity index is 1.53. The number of ether oxygens (including phenoxy) is 3. The summed E-state index contributed by atoms with van der Waals surface area (Å²) in [7, 11) is -2.13. The molecular formula is C20H22BF3O6. The lowest BCUT2D eigenvalue weighted by Gasteiger charge is -2.29. The van der Waals surface area contributed by atoms with Crippen LogP contribution in [0.5, 0.6) is 11.5 Å². The monoisotopic (exact) mass is 426 g/mol. The van der Waals surface area contributed by atoms with Crippen LogP contribution in [0.4, 0.5) is 13.2 Å². The van der Waals surface area contributed by atoms with E-state index >= 15 is 0 Å². The maximum absolute atomic E-state index is 14.1. The minimum atomic E-state index is -2.13. The Hall–Kier alpha value is -2.27. The molecule has 0 spiro atoms. The van der Waals surface area contributed by atoms with Gasteiger partial charge in [0.2, 0.25) is 0 Å².